The Morgan fingerprint density at radius 1 is 1.16 bits per heavy atom. The van der Waals surface area contributed by atoms with E-state index in [1.807, 2.05) is 26.0 Å². The molecule has 0 spiro atoms. The molecule has 1 aliphatic carbocycles. The van der Waals surface area contributed by atoms with Crippen LogP contribution in [0.4, 0.5) is 5.69 Å². The molecule has 104 valence electrons. The third-order valence-electron chi connectivity index (χ3n) is 4.24. The molecular weight excluding hydrogens is 302 g/mol. The van der Waals surface area contributed by atoms with E-state index in [4.69, 9.17) is 0 Å². The van der Waals surface area contributed by atoms with Crippen LogP contribution in [0.1, 0.15) is 50.2 Å². The number of benzene rings is 1. The van der Waals surface area contributed by atoms with Crippen LogP contribution in [0.3, 0.4) is 0 Å². The van der Waals surface area contributed by atoms with Gasteiger partial charge in [0, 0.05) is 15.6 Å². The fraction of sp³-hybridized carbons (Fsp3) is 0.562. The van der Waals surface area contributed by atoms with E-state index in [0.29, 0.717) is 0 Å². The van der Waals surface area contributed by atoms with Crippen molar-refractivity contribution in [2.24, 2.45) is 5.41 Å². The van der Waals surface area contributed by atoms with Crippen molar-refractivity contribution >= 4 is 27.5 Å². The molecule has 0 radical (unpaired) electrons. The summed E-state index contributed by atoms with van der Waals surface area (Å²) >= 11 is 3.49. The SMILES string of the molecule is Cc1cc(Br)cc(C)c1NC(=O)C1(C)CCCCC1. The standard InChI is InChI=1S/C16H22BrNO/c1-11-9-13(17)10-12(2)14(11)18-15(19)16(3)7-5-4-6-8-16/h9-10H,4-8H2,1-3H3,(H,18,19). The number of aryl methyl sites for hydroxylation is 2. The summed E-state index contributed by atoms with van der Waals surface area (Å²) in [4.78, 5) is 12.6. The van der Waals surface area contributed by atoms with Gasteiger partial charge in [-0.05, 0) is 49.9 Å². The first kappa shape index (κ1) is 14.6. The number of nitrogens with one attached hydrogen (secondary N) is 1. The maximum Gasteiger partial charge on any atom is 0.230 e. The molecule has 0 bridgehead atoms. The lowest BCUT2D eigenvalue weighted by Gasteiger charge is -2.32. The molecule has 1 fully saturated rings. The summed E-state index contributed by atoms with van der Waals surface area (Å²) in [6.45, 7) is 6.18. The molecule has 1 aliphatic rings. The van der Waals surface area contributed by atoms with Gasteiger partial charge in [-0.15, -0.1) is 0 Å². The number of amides is 1. The Morgan fingerprint density at radius 3 is 2.21 bits per heavy atom. The van der Waals surface area contributed by atoms with Crippen LogP contribution in [0, 0.1) is 19.3 Å². The molecule has 0 aromatic heterocycles. The molecule has 1 N–H and O–H groups in total. The number of hydrogen-bond donors (Lipinski definition) is 1. The molecule has 3 heteroatoms. The number of rotatable bonds is 2. The van der Waals surface area contributed by atoms with Gasteiger partial charge >= 0.3 is 0 Å². The Bertz CT molecular complexity index is 467. The normalized spacial score (nSPS) is 18.1. The Labute approximate surface area is 124 Å². The Balaban J connectivity index is 2.19. The van der Waals surface area contributed by atoms with Gasteiger partial charge in [-0.3, -0.25) is 4.79 Å². The van der Waals surface area contributed by atoms with Crippen molar-refractivity contribution in [3.63, 3.8) is 0 Å². The first-order valence-electron chi connectivity index (χ1n) is 7.00. The van der Waals surface area contributed by atoms with E-state index in [2.05, 4.69) is 28.2 Å². The van der Waals surface area contributed by atoms with Gasteiger partial charge < -0.3 is 5.32 Å². The first-order chi connectivity index (χ1) is 8.92. The van der Waals surface area contributed by atoms with E-state index in [0.717, 1.165) is 34.1 Å². The number of carbonyl (C=O) groups is 1. The first-order valence-corrected chi connectivity index (χ1v) is 7.80. The van der Waals surface area contributed by atoms with Crippen LogP contribution in [-0.2, 0) is 4.79 Å². The highest BCUT2D eigenvalue weighted by Crippen LogP contribution is 2.37. The van der Waals surface area contributed by atoms with Crippen LogP contribution in [-0.4, -0.2) is 5.91 Å². The van der Waals surface area contributed by atoms with Crippen molar-refractivity contribution in [1.29, 1.82) is 0 Å². The van der Waals surface area contributed by atoms with Crippen LogP contribution in [0.2, 0.25) is 0 Å². The third kappa shape index (κ3) is 3.19. The third-order valence-corrected chi connectivity index (χ3v) is 4.70. The van der Waals surface area contributed by atoms with Crippen molar-refractivity contribution in [3.8, 4) is 0 Å². The van der Waals surface area contributed by atoms with Gasteiger partial charge in [0.15, 0.2) is 0 Å². The van der Waals surface area contributed by atoms with E-state index in [1.54, 1.807) is 0 Å². The minimum Gasteiger partial charge on any atom is -0.325 e. The molecule has 1 aromatic carbocycles. The molecule has 19 heavy (non-hydrogen) atoms. The number of hydrogen-bond acceptors (Lipinski definition) is 1. The minimum atomic E-state index is -0.190. The topological polar surface area (TPSA) is 29.1 Å². The van der Waals surface area contributed by atoms with Gasteiger partial charge in [-0.1, -0.05) is 42.1 Å². The lowest BCUT2D eigenvalue weighted by Crippen LogP contribution is -2.35. The van der Waals surface area contributed by atoms with Crippen LogP contribution >= 0.6 is 15.9 Å². The van der Waals surface area contributed by atoms with Crippen molar-refractivity contribution < 1.29 is 4.79 Å². The summed E-state index contributed by atoms with van der Waals surface area (Å²) in [5.74, 6) is 0.181. The maximum atomic E-state index is 12.6. The van der Waals surface area contributed by atoms with E-state index in [-0.39, 0.29) is 11.3 Å². The van der Waals surface area contributed by atoms with Gasteiger partial charge in [-0.2, -0.15) is 0 Å². The molecule has 1 saturated carbocycles. The summed E-state index contributed by atoms with van der Waals surface area (Å²) in [6, 6.07) is 4.09. The van der Waals surface area contributed by atoms with E-state index in [9.17, 15) is 4.79 Å². The second kappa shape index (κ2) is 5.66. The van der Waals surface area contributed by atoms with Crippen LogP contribution in [0.5, 0.6) is 0 Å². The average molecular weight is 324 g/mol. The molecule has 2 nitrogen and oxygen atoms in total. The highest BCUT2D eigenvalue weighted by molar-refractivity contribution is 9.10. The molecule has 1 amide bonds. The smallest absolute Gasteiger partial charge is 0.230 e. The summed E-state index contributed by atoms with van der Waals surface area (Å²) in [7, 11) is 0. The lowest BCUT2D eigenvalue weighted by molar-refractivity contribution is -0.126. The second-order valence-electron chi connectivity index (χ2n) is 5.99. The van der Waals surface area contributed by atoms with Crippen molar-refractivity contribution in [2.75, 3.05) is 5.32 Å². The Hall–Kier alpha value is -0.830. The quantitative estimate of drug-likeness (QED) is 0.817. The molecule has 0 atom stereocenters. The molecule has 0 heterocycles. The average Bonchev–Trinajstić information content (AvgIpc) is 2.34. The minimum absolute atomic E-state index is 0.181. The molecule has 2 rings (SSSR count). The molecule has 1 aromatic rings. The van der Waals surface area contributed by atoms with Crippen molar-refractivity contribution in [3.05, 3.63) is 27.7 Å². The predicted molar refractivity (Wildman–Crippen MR) is 83.4 cm³/mol. The highest BCUT2D eigenvalue weighted by atomic mass is 79.9. The molecular formula is C16H22BrNO. The van der Waals surface area contributed by atoms with Gasteiger partial charge in [-0.25, -0.2) is 0 Å². The lowest BCUT2D eigenvalue weighted by atomic mass is 9.75. The molecule has 0 aliphatic heterocycles. The van der Waals surface area contributed by atoms with Gasteiger partial charge in [0.1, 0.15) is 0 Å². The Kier molecular flexibility index (Phi) is 4.34. The van der Waals surface area contributed by atoms with E-state index in [1.165, 1.54) is 19.3 Å². The number of anilines is 1. The fourth-order valence-electron chi connectivity index (χ4n) is 2.93. The van der Waals surface area contributed by atoms with E-state index >= 15 is 0 Å². The van der Waals surface area contributed by atoms with Crippen LogP contribution < -0.4 is 5.32 Å². The number of carbonyl (C=O) groups excluding carboxylic acids is 1. The second-order valence-corrected chi connectivity index (χ2v) is 6.91. The fourth-order valence-corrected chi connectivity index (χ4v) is 3.62. The summed E-state index contributed by atoms with van der Waals surface area (Å²) in [6.07, 6.45) is 5.62. The van der Waals surface area contributed by atoms with Crippen LogP contribution in [0.15, 0.2) is 16.6 Å². The van der Waals surface area contributed by atoms with Crippen molar-refractivity contribution in [1.82, 2.24) is 0 Å². The largest absolute Gasteiger partial charge is 0.325 e. The molecule has 0 saturated heterocycles. The highest BCUT2D eigenvalue weighted by Gasteiger charge is 2.34. The summed E-state index contributed by atoms with van der Waals surface area (Å²) < 4.78 is 1.06. The summed E-state index contributed by atoms with van der Waals surface area (Å²) in [5, 5.41) is 3.16. The van der Waals surface area contributed by atoms with Gasteiger partial charge in [0.2, 0.25) is 5.91 Å². The predicted octanol–water partition coefficient (Wildman–Crippen LogP) is 4.97. The maximum absolute atomic E-state index is 12.6. The zero-order valence-corrected chi connectivity index (χ0v) is 13.6. The summed E-state index contributed by atoms with van der Waals surface area (Å²) in [5.41, 5.74) is 3.00. The monoisotopic (exact) mass is 323 g/mol. The van der Waals surface area contributed by atoms with Crippen molar-refractivity contribution in [2.45, 2.75) is 52.9 Å². The Morgan fingerprint density at radius 2 is 1.68 bits per heavy atom. The zero-order chi connectivity index (χ0) is 14.0. The van der Waals surface area contributed by atoms with Gasteiger partial charge in [0.25, 0.3) is 0 Å². The zero-order valence-electron chi connectivity index (χ0n) is 12.0. The molecule has 0 unspecified atom stereocenters. The van der Waals surface area contributed by atoms with Gasteiger partial charge in [0.05, 0.1) is 0 Å². The van der Waals surface area contributed by atoms with Crippen LogP contribution in [0.25, 0.3) is 0 Å². The van der Waals surface area contributed by atoms with E-state index < -0.39 is 0 Å². The number of halogens is 1.